The van der Waals surface area contributed by atoms with Crippen molar-refractivity contribution in [3.8, 4) is 0 Å². The summed E-state index contributed by atoms with van der Waals surface area (Å²) < 4.78 is 0. The largest absolute Gasteiger partial charge is 0.396 e. The van der Waals surface area contributed by atoms with Crippen LogP contribution in [-0.2, 0) is 10.2 Å². The highest BCUT2D eigenvalue weighted by Crippen LogP contribution is 2.50. The molecule has 2 aliphatic rings. The van der Waals surface area contributed by atoms with Crippen molar-refractivity contribution in [3.05, 3.63) is 22.4 Å². The zero-order valence-electron chi connectivity index (χ0n) is 9.74. The van der Waals surface area contributed by atoms with Gasteiger partial charge in [0, 0.05) is 16.8 Å². The van der Waals surface area contributed by atoms with Gasteiger partial charge in [-0.05, 0) is 37.1 Å². The molecule has 1 amide bonds. The number of nitrogens with one attached hydrogen (secondary N) is 1. The van der Waals surface area contributed by atoms with Crippen LogP contribution in [0.1, 0.15) is 30.6 Å². The number of thiophene rings is 1. The number of aliphatic hydroxyl groups is 1. The summed E-state index contributed by atoms with van der Waals surface area (Å²) in [4.78, 5) is 13.4. The maximum atomic E-state index is 12.2. The maximum Gasteiger partial charge on any atom is 0.231 e. The molecule has 2 aliphatic carbocycles. The molecule has 3 nitrogen and oxygen atoms in total. The van der Waals surface area contributed by atoms with Crippen molar-refractivity contribution in [2.24, 2.45) is 5.41 Å². The van der Waals surface area contributed by atoms with Gasteiger partial charge in [0.25, 0.3) is 0 Å². The van der Waals surface area contributed by atoms with E-state index in [1.807, 2.05) is 11.4 Å². The fourth-order valence-electron chi connectivity index (χ4n) is 2.27. The van der Waals surface area contributed by atoms with Crippen molar-refractivity contribution in [3.63, 3.8) is 0 Å². The van der Waals surface area contributed by atoms with Crippen molar-refractivity contribution in [2.45, 2.75) is 31.1 Å². The fraction of sp³-hybridized carbons (Fsp3) is 0.615. The zero-order valence-corrected chi connectivity index (χ0v) is 10.6. The van der Waals surface area contributed by atoms with Gasteiger partial charge in [0.1, 0.15) is 0 Å². The average molecular weight is 251 g/mol. The van der Waals surface area contributed by atoms with E-state index in [1.54, 1.807) is 11.3 Å². The molecule has 0 aromatic carbocycles. The molecule has 2 fully saturated rings. The van der Waals surface area contributed by atoms with Crippen LogP contribution in [0.15, 0.2) is 17.5 Å². The minimum atomic E-state index is -0.236. The van der Waals surface area contributed by atoms with E-state index >= 15 is 0 Å². The molecule has 0 aliphatic heterocycles. The lowest BCUT2D eigenvalue weighted by Gasteiger charge is -2.17. The highest BCUT2D eigenvalue weighted by Gasteiger charge is 2.53. The van der Waals surface area contributed by atoms with Gasteiger partial charge in [-0.25, -0.2) is 0 Å². The second-order valence-corrected chi connectivity index (χ2v) is 6.35. The van der Waals surface area contributed by atoms with E-state index < -0.39 is 0 Å². The SMILES string of the molecule is O=C(NCC1(CO)CC1)C1(c2cccs2)CC1. The van der Waals surface area contributed by atoms with E-state index in [1.165, 1.54) is 4.88 Å². The molecule has 0 radical (unpaired) electrons. The third kappa shape index (κ3) is 1.89. The molecule has 1 aromatic heterocycles. The highest BCUT2D eigenvalue weighted by atomic mass is 32.1. The van der Waals surface area contributed by atoms with Gasteiger partial charge in [0.2, 0.25) is 5.91 Å². The van der Waals surface area contributed by atoms with Crippen molar-refractivity contribution in [1.82, 2.24) is 5.32 Å². The molecule has 0 bridgehead atoms. The third-order valence-corrected chi connectivity index (χ3v) is 5.17. The Balaban J connectivity index is 1.63. The molecule has 4 heteroatoms. The first-order chi connectivity index (χ1) is 8.21. The Kier molecular flexibility index (Phi) is 2.52. The predicted molar refractivity (Wildman–Crippen MR) is 67.0 cm³/mol. The quantitative estimate of drug-likeness (QED) is 0.836. The van der Waals surface area contributed by atoms with E-state index in [-0.39, 0.29) is 23.3 Å². The van der Waals surface area contributed by atoms with E-state index in [4.69, 9.17) is 0 Å². The molecule has 92 valence electrons. The monoisotopic (exact) mass is 251 g/mol. The Hall–Kier alpha value is -0.870. The third-order valence-electron chi connectivity index (χ3n) is 4.09. The molecule has 1 aromatic rings. The Morgan fingerprint density at radius 2 is 2.18 bits per heavy atom. The average Bonchev–Trinajstić information content (AvgIpc) is 3.27. The van der Waals surface area contributed by atoms with Crippen LogP contribution in [0, 0.1) is 5.41 Å². The summed E-state index contributed by atoms with van der Waals surface area (Å²) >= 11 is 1.67. The molecule has 3 rings (SSSR count). The van der Waals surface area contributed by atoms with E-state index in [0.717, 1.165) is 25.7 Å². The number of aliphatic hydroxyl groups excluding tert-OH is 1. The smallest absolute Gasteiger partial charge is 0.231 e. The molecule has 2 N–H and O–H groups in total. The van der Waals surface area contributed by atoms with Crippen LogP contribution >= 0.6 is 11.3 Å². The second kappa shape index (κ2) is 3.82. The molecule has 2 saturated carbocycles. The molecule has 17 heavy (non-hydrogen) atoms. The summed E-state index contributed by atoms with van der Waals surface area (Å²) in [5.41, 5.74) is -0.235. The number of rotatable bonds is 5. The molecular weight excluding hydrogens is 234 g/mol. The van der Waals surface area contributed by atoms with Crippen molar-refractivity contribution >= 4 is 17.2 Å². The van der Waals surface area contributed by atoms with Crippen LogP contribution in [-0.4, -0.2) is 24.2 Å². The van der Waals surface area contributed by atoms with Crippen LogP contribution in [0.3, 0.4) is 0 Å². The normalized spacial score (nSPS) is 23.1. The second-order valence-electron chi connectivity index (χ2n) is 5.40. The van der Waals surface area contributed by atoms with Crippen molar-refractivity contribution in [1.29, 1.82) is 0 Å². The predicted octanol–water partition coefficient (Wildman–Crippen LogP) is 1.67. The molecule has 0 atom stereocenters. The molecular formula is C13H17NO2S. The minimum absolute atomic E-state index is 0.00118. The first kappa shape index (κ1) is 11.2. The van der Waals surface area contributed by atoms with Crippen LogP contribution in [0.4, 0.5) is 0 Å². The summed E-state index contributed by atoms with van der Waals surface area (Å²) in [7, 11) is 0. The lowest BCUT2D eigenvalue weighted by molar-refractivity contribution is -0.123. The Labute approximate surface area is 105 Å². The summed E-state index contributed by atoms with van der Waals surface area (Å²) in [5, 5.41) is 14.3. The van der Waals surface area contributed by atoms with Crippen molar-refractivity contribution < 1.29 is 9.90 Å². The van der Waals surface area contributed by atoms with Crippen LogP contribution < -0.4 is 5.32 Å². The van der Waals surface area contributed by atoms with Gasteiger partial charge in [0.15, 0.2) is 0 Å². The Morgan fingerprint density at radius 3 is 2.65 bits per heavy atom. The van der Waals surface area contributed by atoms with Gasteiger partial charge in [-0.15, -0.1) is 11.3 Å². The van der Waals surface area contributed by atoms with Crippen LogP contribution in [0.25, 0.3) is 0 Å². The summed E-state index contributed by atoms with van der Waals surface area (Å²) in [6, 6.07) is 4.06. The number of carbonyl (C=O) groups is 1. The zero-order chi connectivity index (χ0) is 11.9. The maximum absolute atomic E-state index is 12.2. The van der Waals surface area contributed by atoms with E-state index in [2.05, 4.69) is 11.4 Å². The van der Waals surface area contributed by atoms with Crippen LogP contribution in [0.5, 0.6) is 0 Å². The Bertz CT molecular complexity index is 419. The standard InChI is InChI=1S/C13H17NO2S/c15-9-12(3-4-12)8-14-11(16)13(5-6-13)10-2-1-7-17-10/h1-2,7,15H,3-6,8-9H2,(H,14,16). The van der Waals surface area contributed by atoms with Gasteiger partial charge in [-0.3, -0.25) is 4.79 Å². The summed E-state index contributed by atoms with van der Waals surface area (Å²) in [6.45, 7) is 0.828. The summed E-state index contributed by atoms with van der Waals surface area (Å²) in [6.07, 6.45) is 4.00. The molecule has 0 spiro atoms. The van der Waals surface area contributed by atoms with E-state index in [9.17, 15) is 9.90 Å². The molecule has 0 unspecified atom stereocenters. The topological polar surface area (TPSA) is 49.3 Å². The number of hydrogen-bond acceptors (Lipinski definition) is 3. The van der Waals surface area contributed by atoms with Gasteiger partial charge in [0.05, 0.1) is 12.0 Å². The first-order valence-corrected chi connectivity index (χ1v) is 7.02. The summed E-state index contributed by atoms with van der Waals surface area (Å²) in [5.74, 6) is 0.152. The van der Waals surface area contributed by atoms with Crippen molar-refractivity contribution in [2.75, 3.05) is 13.2 Å². The molecule has 0 saturated heterocycles. The highest BCUT2D eigenvalue weighted by molar-refractivity contribution is 7.10. The lowest BCUT2D eigenvalue weighted by Crippen LogP contribution is -2.38. The van der Waals surface area contributed by atoms with Gasteiger partial charge in [-0.1, -0.05) is 6.07 Å². The van der Waals surface area contributed by atoms with E-state index in [0.29, 0.717) is 6.54 Å². The molecule has 1 heterocycles. The fourth-order valence-corrected chi connectivity index (χ4v) is 3.25. The minimum Gasteiger partial charge on any atom is -0.396 e. The van der Waals surface area contributed by atoms with Gasteiger partial charge >= 0.3 is 0 Å². The Morgan fingerprint density at radius 1 is 1.41 bits per heavy atom. The lowest BCUT2D eigenvalue weighted by atomic mass is 10.0. The number of amides is 1. The van der Waals surface area contributed by atoms with Gasteiger partial charge < -0.3 is 10.4 Å². The first-order valence-electron chi connectivity index (χ1n) is 6.14. The number of carbonyl (C=O) groups excluding carboxylic acids is 1. The van der Waals surface area contributed by atoms with Crippen LogP contribution in [0.2, 0.25) is 0 Å². The van der Waals surface area contributed by atoms with Gasteiger partial charge in [-0.2, -0.15) is 0 Å². The number of hydrogen-bond donors (Lipinski definition) is 2.